The summed E-state index contributed by atoms with van der Waals surface area (Å²) in [7, 11) is -2.32. The molecular weight excluding hydrogens is 463 g/mol. The van der Waals surface area contributed by atoms with Crippen molar-refractivity contribution in [3.8, 4) is 0 Å². The summed E-state index contributed by atoms with van der Waals surface area (Å²) < 4.78 is 20.9. The van der Waals surface area contributed by atoms with Crippen LogP contribution in [0.1, 0.15) is 27.3 Å². The summed E-state index contributed by atoms with van der Waals surface area (Å²) >= 11 is 6.25. The fraction of sp³-hybridized carbons (Fsp3) is 0.174. The van der Waals surface area contributed by atoms with Crippen molar-refractivity contribution >= 4 is 46.4 Å². The average Bonchev–Trinajstić information content (AvgIpc) is 3.16. The summed E-state index contributed by atoms with van der Waals surface area (Å²) in [5, 5.41) is 14.3. The summed E-state index contributed by atoms with van der Waals surface area (Å²) in [6.07, 6.45) is 2.72. The van der Waals surface area contributed by atoms with E-state index in [0.717, 1.165) is 15.9 Å². The van der Waals surface area contributed by atoms with Gasteiger partial charge in [-0.05, 0) is 48.9 Å². The number of benzene rings is 2. The number of hydrogen-bond acceptors (Lipinski definition) is 5. The van der Waals surface area contributed by atoms with Crippen LogP contribution in [0.15, 0.2) is 55.0 Å². The third-order valence-electron chi connectivity index (χ3n) is 5.31. The van der Waals surface area contributed by atoms with Crippen LogP contribution >= 0.6 is 19.0 Å². The molecule has 2 aromatic heterocycles. The highest BCUT2D eigenvalue weighted by atomic mass is 35.5. The zero-order chi connectivity index (χ0) is 23.8. The number of nitrogens with one attached hydrogen (secondary N) is 2. The number of H-pyrrole nitrogens is 1. The molecule has 0 saturated heterocycles. The van der Waals surface area contributed by atoms with Gasteiger partial charge in [-0.3, -0.25) is 9.36 Å². The van der Waals surface area contributed by atoms with Gasteiger partial charge in [0.1, 0.15) is 11.9 Å². The summed E-state index contributed by atoms with van der Waals surface area (Å²) in [6, 6.07) is 12.2. The van der Waals surface area contributed by atoms with E-state index in [-0.39, 0.29) is 17.5 Å². The zero-order valence-corrected chi connectivity index (χ0v) is 19.9. The first-order chi connectivity index (χ1) is 15.7. The van der Waals surface area contributed by atoms with Crippen LogP contribution in [-0.2, 0) is 15.6 Å². The molecule has 8 nitrogen and oxygen atoms in total. The lowest BCUT2D eigenvalue weighted by molar-refractivity contribution is -0.911. The maximum atomic E-state index is 14.4. The number of aromatic nitrogens is 3. The van der Waals surface area contributed by atoms with Gasteiger partial charge in [-0.1, -0.05) is 33.8 Å². The van der Waals surface area contributed by atoms with Crippen LogP contribution in [0, 0.1) is 13.8 Å². The molecule has 170 valence electrons. The summed E-state index contributed by atoms with van der Waals surface area (Å²) in [5.74, 6) is -0.504. The van der Waals surface area contributed by atoms with Gasteiger partial charge in [-0.25, -0.2) is 0 Å². The van der Waals surface area contributed by atoms with E-state index in [4.69, 9.17) is 16.1 Å². The number of aryl methyl sites for hydroxylation is 2. The number of fused-ring (bicyclic) bond motifs is 1. The number of hydrogen-bond donors (Lipinski definition) is 3. The van der Waals surface area contributed by atoms with Crippen molar-refractivity contribution in [3.63, 3.8) is 0 Å². The van der Waals surface area contributed by atoms with E-state index < -0.39 is 13.3 Å². The van der Waals surface area contributed by atoms with Crippen LogP contribution in [-0.4, -0.2) is 28.2 Å². The maximum absolute atomic E-state index is 14.4. The SMILES string of the molecule is COP(=O)(c1cc(C)cc(C)c1)c1c(C(=O)NCc2ccnc[n+]2O)[nH]c2ccc(Cl)cc12. The molecule has 1 amide bonds. The van der Waals surface area contributed by atoms with E-state index in [9.17, 15) is 14.6 Å². The minimum atomic E-state index is -3.69. The van der Waals surface area contributed by atoms with Gasteiger partial charge < -0.3 is 20.0 Å². The van der Waals surface area contributed by atoms with Crippen molar-refractivity contribution in [2.24, 2.45) is 0 Å². The van der Waals surface area contributed by atoms with Gasteiger partial charge >= 0.3 is 6.33 Å². The van der Waals surface area contributed by atoms with Gasteiger partial charge in [-0.15, -0.1) is 0 Å². The number of aromatic amines is 1. The molecule has 0 bridgehead atoms. The molecule has 1 atom stereocenters. The standard InChI is InChI=1S/C23H22ClN4O4P/c1-14-8-15(2)10-18(9-14)33(31,32-3)22-19-11-16(24)4-5-20(19)27-21(22)23(29)26-12-17-6-7-25-13-28(17)30/h4-11,13H,12H2,1-3H3,(H2-,26,27,29,30,31)/p+1. The Morgan fingerprint density at radius 3 is 2.61 bits per heavy atom. The van der Waals surface area contributed by atoms with Crippen LogP contribution in [0.3, 0.4) is 0 Å². The monoisotopic (exact) mass is 485 g/mol. The molecule has 10 heteroatoms. The van der Waals surface area contributed by atoms with E-state index in [1.54, 1.807) is 36.4 Å². The molecule has 0 fully saturated rings. The lowest BCUT2D eigenvalue weighted by Crippen LogP contribution is -2.39. The fourth-order valence-electron chi connectivity index (χ4n) is 3.85. The summed E-state index contributed by atoms with van der Waals surface area (Å²) in [5.41, 5.74) is 2.98. The topological polar surface area (TPSA) is 108 Å². The van der Waals surface area contributed by atoms with Crippen LogP contribution in [0.25, 0.3) is 10.9 Å². The first-order valence-electron chi connectivity index (χ1n) is 10.1. The number of carbonyl (C=O) groups excluding carboxylic acids is 1. The van der Waals surface area contributed by atoms with E-state index in [2.05, 4.69) is 15.3 Å². The third kappa shape index (κ3) is 4.37. The Balaban J connectivity index is 1.86. The third-order valence-corrected chi connectivity index (χ3v) is 8.05. The van der Waals surface area contributed by atoms with E-state index >= 15 is 0 Å². The molecule has 2 aromatic carbocycles. The number of carbonyl (C=O) groups is 1. The predicted molar refractivity (Wildman–Crippen MR) is 126 cm³/mol. The molecular formula is C23H23ClN4O4P+. The van der Waals surface area contributed by atoms with Gasteiger partial charge in [0.2, 0.25) is 0 Å². The molecule has 0 aliphatic carbocycles. The lowest BCUT2D eigenvalue weighted by atomic mass is 10.2. The number of nitrogens with zero attached hydrogens (tertiary/aromatic N) is 2. The second-order valence-electron chi connectivity index (χ2n) is 7.72. The smallest absolute Gasteiger partial charge is 0.325 e. The molecule has 4 rings (SSSR count). The highest BCUT2D eigenvalue weighted by molar-refractivity contribution is 7.75. The van der Waals surface area contributed by atoms with Gasteiger partial charge in [-0.2, -0.15) is 0 Å². The molecule has 2 heterocycles. The van der Waals surface area contributed by atoms with Gasteiger partial charge in [0.15, 0.2) is 5.69 Å². The highest BCUT2D eigenvalue weighted by Crippen LogP contribution is 2.47. The average molecular weight is 486 g/mol. The minimum Gasteiger partial charge on any atom is -0.350 e. The fourth-order valence-corrected chi connectivity index (χ4v) is 6.37. The normalized spacial score (nSPS) is 13.1. The molecule has 0 aliphatic heterocycles. The molecule has 0 spiro atoms. The second kappa shape index (κ2) is 8.98. The molecule has 0 aliphatic rings. The van der Waals surface area contributed by atoms with E-state index in [1.807, 2.05) is 19.9 Å². The van der Waals surface area contributed by atoms with Crippen molar-refractivity contribution in [1.29, 1.82) is 0 Å². The summed E-state index contributed by atoms with van der Waals surface area (Å²) in [6.45, 7) is 3.85. The van der Waals surface area contributed by atoms with Gasteiger partial charge in [0.25, 0.3) is 13.3 Å². The number of halogens is 1. The first-order valence-corrected chi connectivity index (χ1v) is 12.1. The number of rotatable bonds is 6. The molecule has 3 N–H and O–H groups in total. The largest absolute Gasteiger partial charge is 0.350 e. The molecule has 0 radical (unpaired) electrons. The predicted octanol–water partition coefficient (Wildman–Crippen LogP) is 3.16. The Hall–Kier alpha value is -3.19. The van der Waals surface area contributed by atoms with Gasteiger partial charge in [0, 0.05) is 34.4 Å². The quantitative estimate of drug-likeness (QED) is 0.221. The van der Waals surface area contributed by atoms with Crippen molar-refractivity contribution in [3.05, 3.63) is 82.5 Å². The van der Waals surface area contributed by atoms with Crippen LogP contribution < -0.4 is 20.7 Å². The molecule has 33 heavy (non-hydrogen) atoms. The van der Waals surface area contributed by atoms with Crippen molar-refractivity contribution in [1.82, 2.24) is 15.3 Å². The first kappa shape index (κ1) is 23.0. The Kier molecular flexibility index (Phi) is 6.26. The Bertz CT molecular complexity index is 1400. The van der Waals surface area contributed by atoms with Crippen molar-refractivity contribution < 1.29 is 23.8 Å². The van der Waals surface area contributed by atoms with Crippen LogP contribution in [0.4, 0.5) is 0 Å². The lowest BCUT2D eigenvalue weighted by Gasteiger charge is -2.19. The second-order valence-corrected chi connectivity index (χ2v) is 10.6. The Morgan fingerprint density at radius 2 is 1.94 bits per heavy atom. The van der Waals surface area contributed by atoms with E-state index in [1.165, 1.54) is 19.6 Å². The molecule has 1 unspecified atom stereocenters. The Labute approximate surface area is 195 Å². The summed E-state index contributed by atoms with van der Waals surface area (Å²) in [4.78, 5) is 20.2. The van der Waals surface area contributed by atoms with Crippen LogP contribution in [0.5, 0.6) is 0 Å². The van der Waals surface area contributed by atoms with Crippen LogP contribution in [0.2, 0.25) is 5.02 Å². The number of amides is 1. The van der Waals surface area contributed by atoms with E-state index in [0.29, 0.717) is 26.9 Å². The minimum absolute atomic E-state index is 0.0221. The Morgan fingerprint density at radius 1 is 1.21 bits per heavy atom. The zero-order valence-electron chi connectivity index (χ0n) is 18.3. The molecule has 4 aromatic rings. The highest BCUT2D eigenvalue weighted by Gasteiger charge is 2.36. The molecule has 0 saturated carbocycles. The van der Waals surface area contributed by atoms with Crippen molar-refractivity contribution in [2.45, 2.75) is 20.4 Å². The van der Waals surface area contributed by atoms with Gasteiger partial charge in [0.05, 0.1) is 11.8 Å². The van der Waals surface area contributed by atoms with Crippen molar-refractivity contribution in [2.75, 3.05) is 7.11 Å². The maximum Gasteiger partial charge on any atom is 0.325 e.